The minimum Gasteiger partial charge on any atom is -0.493 e. The lowest BCUT2D eigenvalue weighted by molar-refractivity contribution is -0.138. The number of ether oxygens (including phenoxy) is 4. The number of Topliss-reactive ketones (excluding diaryl/α,β-unsaturated/α-hetero) is 1. The maximum Gasteiger partial charge on any atom is 0.336 e. The molecule has 0 aromatic heterocycles. The summed E-state index contributed by atoms with van der Waals surface area (Å²) in [4.78, 5) is 26.9. The van der Waals surface area contributed by atoms with Crippen molar-refractivity contribution in [1.82, 2.24) is 5.32 Å². The molecule has 2 aromatic carbocycles. The molecule has 1 heterocycles. The zero-order chi connectivity index (χ0) is 25.1. The Morgan fingerprint density at radius 2 is 1.63 bits per heavy atom. The minimum absolute atomic E-state index is 0.000605. The van der Waals surface area contributed by atoms with E-state index in [0.29, 0.717) is 52.5 Å². The minimum atomic E-state index is -0.622. The van der Waals surface area contributed by atoms with Crippen molar-refractivity contribution < 1.29 is 28.5 Å². The molecule has 1 aliphatic carbocycles. The van der Waals surface area contributed by atoms with Crippen LogP contribution in [0.5, 0.6) is 17.2 Å². The molecular weight excluding hydrogens is 446 g/mol. The van der Waals surface area contributed by atoms with Crippen LogP contribution >= 0.6 is 0 Å². The van der Waals surface area contributed by atoms with Gasteiger partial charge in [0.15, 0.2) is 17.3 Å². The Morgan fingerprint density at radius 1 is 0.971 bits per heavy atom. The maximum atomic E-state index is 13.7. The van der Waals surface area contributed by atoms with Gasteiger partial charge in [0.25, 0.3) is 0 Å². The van der Waals surface area contributed by atoms with Crippen LogP contribution in [-0.4, -0.2) is 39.7 Å². The van der Waals surface area contributed by atoms with Crippen molar-refractivity contribution in [2.45, 2.75) is 38.5 Å². The summed E-state index contributed by atoms with van der Waals surface area (Å²) in [5, 5.41) is 3.37. The van der Waals surface area contributed by atoms with E-state index in [2.05, 4.69) is 17.4 Å². The number of nitrogens with one attached hydrogen (secondary N) is 1. The number of rotatable bonds is 7. The predicted octanol–water partition coefficient (Wildman–Crippen LogP) is 4.64. The third kappa shape index (κ3) is 4.50. The fourth-order valence-corrected chi connectivity index (χ4v) is 5.08. The number of allylic oxidation sites excluding steroid dienone is 3. The first-order chi connectivity index (χ1) is 16.9. The van der Waals surface area contributed by atoms with Crippen LogP contribution in [0, 0.1) is 0 Å². The van der Waals surface area contributed by atoms with Crippen LogP contribution in [0.4, 0.5) is 0 Å². The number of benzene rings is 2. The van der Waals surface area contributed by atoms with E-state index in [1.807, 2.05) is 25.1 Å². The monoisotopic (exact) mass is 477 g/mol. The van der Waals surface area contributed by atoms with Crippen molar-refractivity contribution in [2.75, 3.05) is 27.9 Å². The van der Waals surface area contributed by atoms with Gasteiger partial charge in [0.2, 0.25) is 5.75 Å². The predicted molar refractivity (Wildman–Crippen MR) is 132 cm³/mol. The molecule has 7 nitrogen and oxygen atoms in total. The van der Waals surface area contributed by atoms with Crippen LogP contribution in [0.3, 0.4) is 0 Å². The second-order valence-electron chi connectivity index (χ2n) is 8.61. The molecule has 2 atom stereocenters. The molecule has 2 aliphatic rings. The molecule has 4 rings (SSSR count). The van der Waals surface area contributed by atoms with Crippen molar-refractivity contribution in [2.24, 2.45) is 0 Å². The van der Waals surface area contributed by atoms with Gasteiger partial charge in [-0.1, -0.05) is 30.3 Å². The Bertz CT molecular complexity index is 1170. The summed E-state index contributed by atoms with van der Waals surface area (Å²) >= 11 is 0. The van der Waals surface area contributed by atoms with Crippen LogP contribution < -0.4 is 19.5 Å². The van der Waals surface area contributed by atoms with Gasteiger partial charge in [-0.15, -0.1) is 0 Å². The highest BCUT2D eigenvalue weighted by atomic mass is 16.5. The van der Waals surface area contributed by atoms with E-state index in [-0.39, 0.29) is 18.3 Å². The molecule has 1 aliphatic heterocycles. The van der Waals surface area contributed by atoms with Gasteiger partial charge in [-0.3, -0.25) is 4.79 Å². The third-order valence-electron chi connectivity index (χ3n) is 6.61. The topological polar surface area (TPSA) is 83.1 Å². The number of carbonyl (C=O) groups excluding carboxylic acids is 2. The number of methoxy groups -OCH3 is 3. The molecule has 1 N–H and O–H groups in total. The van der Waals surface area contributed by atoms with E-state index in [4.69, 9.17) is 18.9 Å². The summed E-state index contributed by atoms with van der Waals surface area (Å²) in [5.41, 5.74) is 4.31. The summed E-state index contributed by atoms with van der Waals surface area (Å²) < 4.78 is 22.0. The van der Waals surface area contributed by atoms with Crippen molar-refractivity contribution in [3.05, 3.63) is 76.1 Å². The van der Waals surface area contributed by atoms with Crippen molar-refractivity contribution >= 4 is 11.8 Å². The highest BCUT2D eigenvalue weighted by Gasteiger charge is 2.42. The third-order valence-corrected chi connectivity index (χ3v) is 6.61. The Hall–Kier alpha value is -3.74. The average molecular weight is 478 g/mol. The zero-order valence-corrected chi connectivity index (χ0v) is 20.8. The lowest BCUT2D eigenvalue weighted by Crippen LogP contribution is -2.36. The largest absolute Gasteiger partial charge is 0.493 e. The molecule has 0 saturated carbocycles. The highest BCUT2D eigenvalue weighted by molar-refractivity contribution is 6.04. The van der Waals surface area contributed by atoms with Gasteiger partial charge in [-0.25, -0.2) is 4.79 Å². The number of hydrogen-bond acceptors (Lipinski definition) is 7. The molecule has 0 fully saturated rings. The summed E-state index contributed by atoms with van der Waals surface area (Å²) in [5.74, 6) is 0.333. The molecule has 0 unspecified atom stereocenters. The van der Waals surface area contributed by atoms with Crippen molar-refractivity contribution in [1.29, 1.82) is 0 Å². The Morgan fingerprint density at radius 3 is 2.20 bits per heavy atom. The first kappa shape index (κ1) is 24.4. The van der Waals surface area contributed by atoms with Gasteiger partial charge in [-0.05, 0) is 49.4 Å². The number of esters is 1. The maximum absolute atomic E-state index is 13.7. The van der Waals surface area contributed by atoms with Crippen LogP contribution in [-0.2, 0) is 14.3 Å². The molecular formula is C28H31NO6. The molecule has 0 radical (unpaired) electrons. The van der Waals surface area contributed by atoms with E-state index < -0.39 is 11.9 Å². The molecule has 184 valence electrons. The summed E-state index contributed by atoms with van der Waals surface area (Å²) in [6.07, 6.45) is 1.03. The van der Waals surface area contributed by atoms with Crippen molar-refractivity contribution in [3.8, 4) is 17.2 Å². The second kappa shape index (κ2) is 10.3. The first-order valence-corrected chi connectivity index (χ1v) is 11.7. The zero-order valence-electron chi connectivity index (χ0n) is 20.8. The summed E-state index contributed by atoms with van der Waals surface area (Å²) in [7, 11) is 4.61. The molecule has 7 heteroatoms. The fourth-order valence-electron chi connectivity index (χ4n) is 5.08. The normalized spacial score (nSPS) is 19.6. The van der Waals surface area contributed by atoms with Gasteiger partial charge in [-0.2, -0.15) is 0 Å². The summed E-state index contributed by atoms with van der Waals surface area (Å²) in [6, 6.07) is 13.6. The molecule has 0 spiro atoms. The van der Waals surface area contributed by atoms with E-state index in [9.17, 15) is 9.59 Å². The SMILES string of the molecule is CCOC(=O)C1=C(C)NC2=C(C(=O)C[C@H](c3ccccc3)C2)[C@H]1c1cc(OC)c(OC)c(OC)c1. The number of hydrogen-bond donors (Lipinski definition) is 1. The molecule has 0 bridgehead atoms. The van der Waals surface area contributed by atoms with E-state index >= 15 is 0 Å². The van der Waals surface area contributed by atoms with Crippen LogP contribution in [0.15, 0.2) is 65.0 Å². The van der Waals surface area contributed by atoms with Gasteiger partial charge in [0.05, 0.1) is 33.5 Å². The lowest BCUT2D eigenvalue weighted by atomic mass is 9.71. The Labute approximate surface area is 205 Å². The first-order valence-electron chi connectivity index (χ1n) is 11.7. The lowest BCUT2D eigenvalue weighted by Gasteiger charge is -2.37. The molecule has 35 heavy (non-hydrogen) atoms. The quantitative estimate of drug-likeness (QED) is 0.582. The smallest absolute Gasteiger partial charge is 0.336 e. The van der Waals surface area contributed by atoms with Crippen LogP contribution in [0.25, 0.3) is 0 Å². The van der Waals surface area contributed by atoms with Crippen LogP contribution in [0.1, 0.15) is 49.7 Å². The Kier molecular flexibility index (Phi) is 7.15. The number of carbonyl (C=O) groups is 2. The highest BCUT2D eigenvalue weighted by Crippen LogP contribution is 2.49. The average Bonchev–Trinajstić information content (AvgIpc) is 2.87. The van der Waals surface area contributed by atoms with E-state index in [0.717, 1.165) is 11.3 Å². The summed E-state index contributed by atoms with van der Waals surface area (Å²) in [6.45, 7) is 3.84. The Balaban J connectivity index is 1.88. The number of dihydropyridines is 1. The number of ketones is 1. The second-order valence-corrected chi connectivity index (χ2v) is 8.61. The van der Waals surface area contributed by atoms with E-state index in [1.54, 1.807) is 19.1 Å². The standard InChI is InChI=1S/C28H31NO6/c1-6-35-28(31)24-16(2)29-20-12-18(17-10-8-7-9-11-17)13-21(30)26(20)25(24)19-14-22(32-3)27(34-5)23(15-19)33-4/h7-11,14-15,18,25,29H,6,12-13H2,1-5H3/t18-,25+/m1/s1. The molecule has 0 amide bonds. The fraction of sp³-hybridized carbons (Fsp3) is 0.357. The molecule has 0 saturated heterocycles. The van der Waals surface area contributed by atoms with Crippen LogP contribution in [0.2, 0.25) is 0 Å². The van der Waals surface area contributed by atoms with Gasteiger partial charge in [0, 0.05) is 29.3 Å². The van der Waals surface area contributed by atoms with Gasteiger partial charge < -0.3 is 24.3 Å². The van der Waals surface area contributed by atoms with Gasteiger partial charge in [0.1, 0.15) is 0 Å². The van der Waals surface area contributed by atoms with Gasteiger partial charge >= 0.3 is 5.97 Å². The molecule has 2 aromatic rings. The van der Waals surface area contributed by atoms with Crippen molar-refractivity contribution in [3.63, 3.8) is 0 Å². The van der Waals surface area contributed by atoms with E-state index in [1.165, 1.54) is 21.3 Å².